The van der Waals surface area contributed by atoms with Crippen molar-refractivity contribution < 1.29 is 23.2 Å². The summed E-state index contributed by atoms with van der Waals surface area (Å²) in [6.07, 6.45) is 0. The lowest BCUT2D eigenvalue weighted by molar-refractivity contribution is 0.101. The van der Waals surface area contributed by atoms with Gasteiger partial charge in [0, 0.05) is 22.5 Å². The predicted octanol–water partition coefficient (Wildman–Crippen LogP) is 5.75. The van der Waals surface area contributed by atoms with Gasteiger partial charge in [0.25, 0.3) is 11.8 Å². The molecule has 4 aromatic rings. The smallest absolute Gasteiger partial charge is 0.255 e. The number of carbonyl (C=O) groups excluding carboxylic acids is 2. The largest absolute Gasteiger partial charge is 0.497 e. The van der Waals surface area contributed by atoms with Crippen LogP contribution in [0.5, 0.6) is 11.5 Å². The van der Waals surface area contributed by atoms with E-state index in [2.05, 4.69) is 36.8 Å². The van der Waals surface area contributed by atoms with Crippen molar-refractivity contribution in [2.45, 2.75) is 26.2 Å². The molecular weight excluding hydrogens is 549 g/mol. The van der Waals surface area contributed by atoms with Gasteiger partial charge in [0.15, 0.2) is 0 Å². The molecule has 4 rings (SSSR count). The molecule has 0 bridgehead atoms. The summed E-state index contributed by atoms with van der Waals surface area (Å²) in [6, 6.07) is 29.8. The summed E-state index contributed by atoms with van der Waals surface area (Å²) in [5, 5.41) is 8.05. The molecule has 2 N–H and O–H groups in total. The molecule has 9 heteroatoms. The minimum Gasteiger partial charge on any atom is -0.497 e. The summed E-state index contributed by atoms with van der Waals surface area (Å²) in [6.45, 7) is 8.69. The van der Waals surface area contributed by atoms with E-state index in [4.69, 9.17) is 13.6 Å². The summed E-state index contributed by atoms with van der Waals surface area (Å²) >= 11 is 0. The Morgan fingerprint density at radius 3 is 1.12 bits per heavy atom. The van der Waals surface area contributed by atoms with Gasteiger partial charge in [-0.05, 0) is 109 Å². The Labute approximate surface area is 243 Å². The molecule has 0 saturated heterocycles. The highest BCUT2D eigenvalue weighted by Crippen LogP contribution is 2.19. The van der Waals surface area contributed by atoms with Crippen molar-refractivity contribution in [1.82, 2.24) is 0 Å². The van der Waals surface area contributed by atoms with E-state index in [-0.39, 0.29) is 11.8 Å². The Morgan fingerprint density at radius 2 is 0.829 bits per heavy atom. The second kappa shape index (κ2) is 12.5. The lowest BCUT2D eigenvalue weighted by Crippen LogP contribution is -2.57. The maximum atomic E-state index is 12.8. The topological polar surface area (TPSA) is 85.9 Å². The number of anilines is 2. The predicted molar refractivity (Wildman–Crippen MR) is 170 cm³/mol. The molecule has 2 amide bonds. The molecule has 212 valence electrons. The van der Waals surface area contributed by atoms with Gasteiger partial charge in [-0.2, -0.15) is 0 Å². The molecular formula is C32H36N2O5Si2. The highest BCUT2D eigenvalue weighted by atomic mass is 28.4. The highest BCUT2D eigenvalue weighted by molar-refractivity contribution is 6.96. The molecule has 0 heterocycles. The van der Waals surface area contributed by atoms with E-state index < -0.39 is 16.6 Å². The van der Waals surface area contributed by atoms with Gasteiger partial charge in [-0.1, -0.05) is 24.3 Å². The molecule has 0 spiro atoms. The average Bonchev–Trinajstić information content (AvgIpc) is 2.97. The van der Waals surface area contributed by atoms with E-state index in [9.17, 15) is 9.59 Å². The number of carbonyl (C=O) groups is 2. The molecule has 41 heavy (non-hydrogen) atoms. The number of hydrogen-bond acceptors (Lipinski definition) is 5. The van der Waals surface area contributed by atoms with Crippen molar-refractivity contribution in [3.05, 3.63) is 108 Å². The first kappa shape index (κ1) is 29.8. The minimum absolute atomic E-state index is 0.173. The maximum absolute atomic E-state index is 12.8. The maximum Gasteiger partial charge on any atom is 0.255 e. The fourth-order valence-electron chi connectivity index (χ4n) is 4.56. The van der Waals surface area contributed by atoms with Gasteiger partial charge < -0.3 is 24.2 Å². The number of benzene rings is 4. The SMILES string of the molecule is COc1ccc(NC(=O)c2ccc([Si](C)(C)O[Si](C)(C)c3ccc(C(=O)Nc4ccc(OC)cc4)cc3)cc2)cc1. The lowest BCUT2D eigenvalue weighted by Gasteiger charge is -2.34. The third kappa shape index (κ3) is 7.52. The van der Waals surface area contributed by atoms with Crippen LogP contribution in [0.25, 0.3) is 0 Å². The molecule has 4 aromatic carbocycles. The normalized spacial score (nSPS) is 11.5. The third-order valence-corrected chi connectivity index (χ3v) is 14.4. The van der Waals surface area contributed by atoms with Crippen LogP contribution in [0.4, 0.5) is 11.4 Å². The molecule has 7 nitrogen and oxygen atoms in total. The van der Waals surface area contributed by atoms with Crippen LogP contribution < -0.4 is 30.5 Å². The van der Waals surface area contributed by atoms with Crippen molar-refractivity contribution in [3.8, 4) is 11.5 Å². The second-order valence-electron chi connectivity index (χ2n) is 10.6. The van der Waals surface area contributed by atoms with Crippen LogP contribution in [0.3, 0.4) is 0 Å². The summed E-state index contributed by atoms with van der Waals surface area (Å²) in [7, 11) is -1.40. The number of nitrogens with one attached hydrogen (secondary N) is 2. The standard InChI is InChI=1S/C32H36N2O5Si2/c1-37-27-15-11-25(12-16-27)33-31(35)23-7-19-29(20-8-23)40(3,4)39-41(5,6)30-21-9-24(10-22-30)32(36)34-26-13-17-28(38-2)18-14-26/h7-22H,1-6H3,(H,33,35)(H,34,36). The number of methoxy groups -OCH3 is 2. The number of rotatable bonds is 10. The van der Waals surface area contributed by atoms with E-state index in [1.54, 1.807) is 38.5 Å². The summed E-state index contributed by atoms with van der Waals surface area (Å²) in [5.74, 6) is 1.12. The Hall–Kier alpha value is -4.19. The first-order valence-corrected chi connectivity index (χ1v) is 19.1. The summed E-state index contributed by atoms with van der Waals surface area (Å²) in [5.41, 5.74) is 2.56. The van der Waals surface area contributed by atoms with Crippen LogP contribution in [0, 0.1) is 0 Å². The summed E-state index contributed by atoms with van der Waals surface area (Å²) < 4.78 is 17.2. The molecule has 0 aliphatic rings. The number of hydrogen-bond donors (Lipinski definition) is 2. The zero-order chi connectivity index (χ0) is 29.6. The van der Waals surface area contributed by atoms with Crippen LogP contribution in [-0.4, -0.2) is 42.7 Å². The Bertz CT molecular complexity index is 1370. The van der Waals surface area contributed by atoms with E-state index in [1.807, 2.05) is 72.8 Å². The van der Waals surface area contributed by atoms with Gasteiger partial charge in [-0.3, -0.25) is 9.59 Å². The van der Waals surface area contributed by atoms with Gasteiger partial charge in [0.1, 0.15) is 11.5 Å². The van der Waals surface area contributed by atoms with Crippen molar-refractivity contribution in [1.29, 1.82) is 0 Å². The van der Waals surface area contributed by atoms with Crippen molar-refractivity contribution >= 4 is 50.2 Å². The van der Waals surface area contributed by atoms with Gasteiger partial charge >= 0.3 is 0 Å². The first-order valence-electron chi connectivity index (χ1n) is 13.3. The molecule has 0 fully saturated rings. The van der Waals surface area contributed by atoms with Gasteiger partial charge in [0.2, 0.25) is 16.6 Å². The first-order chi connectivity index (χ1) is 19.5. The molecule has 0 aliphatic carbocycles. The molecule has 0 saturated carbocycles. The Morgan fingerprint density at radius 1 is 0.512 bits per heavy atom. The van der Waals surface area contributed by atoms with E-state index in [0.29, 0.717) is 22.5 Å². The van der Waals surface area contributed by atoms with E-state index in [1.165, 1.54) is 0 Å². The van der Waals surface area contributed by atoms with Crippen molar-refractivity contribution in [2.24, 2.45) is 0 Å². The minimum atomic E-state index is -2.31. The van der Waals surface area contributed by atoms with Crippen LogP contribution >= 0.6 is 0 Å². The van der Waals surface area contributed by atoms with Gasteiger partial charge in [-0.25, -0.2) is 0 Å². The molecule has 0 unspecified atom stereocenters. The van der Waals surface area contributed by atoms with Crippen LogP contribution in [0.15, 0.2) is 97.1 Å². The Balaban J connectivity index is 1.39. The number of ether oxygens (including phenoxy) is 2. The monoisotopic (exact) mass is 584 g/mol. The third-order valence-electron chi connectivity index (χ3n) is 6.89. The van der Waals surface area contributed by atoms with E-state index >= 15 is 0 Å². The summed E-state index contributed by atoms with van der Waals surface area (Å²) in [4.78, 5) is 25.5. The molecule has 0 atom stereocenters. The average molecular weight is 585 g/mol. The zero-order valence-corrected chi connectivity index (χ0v) is 26.3. The van der Waals surface area contributed by atoms with Crippen molar-refractivity contribution in [2.75, 3.05) is 24.9 Å². The molecule has 0 aliphatic heterocycles. The number of amides is 2. The van der Waals surface area contributed by atoms with Crippen LogP contribution in [0.1, 0.15) is 20.7 Å². The quantitative estimate of drug-likeness (QED) is 0.232. The molecule has 0 radical (unpaired) electrons. The zero-order valence-electron chi connectivity index (χ0n) is 24.3. The fraction of sp³-hybridized carbons (Fsp3) is 0.188. The second-order valence-corrected chi connectivity index (χ2v) is 18.7. The van der Waals surface area contributed by atoms with Crippen LogP contribution in [-0.2, 0) is 4.12 Å². The van der Waals surface area contributed by atoms with E-state index in [0.717, 1.165) is 21.9 Å². The highest BCUT2D eigenvalue weighted by Gasteiger charge is 2.36. The van der Waals surface area contributed by atoms with Crippen molar-refractivity contribution in [3.63, 3.8) is 0 Å². The van der Waals surface area contributed by atoms with Crippen LogP contribution in [0.2, 0.25) is 26.2 Å². The van der Waals surface area contributed by atoms with Gasteiger partial charge in [0.05, 0.1) is 14.2 Å². The fourth-order valence-corrected chi connectivity index (χ4v) is 12.5. The Kier molecular flexibility index (Phi) is 9.12. The lowest BCUT2D eigenvalue weighted by atomic mass is 10.2. The van der Waals surface area contributed by atoms with Gasteiger partial charge in [-0.15, -0.1) is 0 Å². The molecule has 0 aromatic heterocycles.